The van der Waals surface area contributed by atoms with E-state index >= 15 is 0 Å². The number of H-pyrrole nitrogens is 1. The number of aromatic amines is 1. The minimum atomic E-state index is -1.28. The van der Waals surface area contributed by atoms with Crippen LogP contribution < -0.4 is 21.3 Å². The van der Waals surface area contributed by atoms with E-state index in [4.69, 9.17) is 0 Å². The van der Waals surface area contributed by atoms with Crippen LogP contribution in [0.3, 0.4) is 0 Å². The Bertz CT molecular complexity index is 1350. The number of fused-ring (bicyclic) bond motifs is 1. The van der Waals surface area contributed by atoms with Crippen LogP contribution in [0.25, 0.3) is 10.9 Å². The van der Waals surface area contributed by atoms with Crippen molar-refractivity contribution in [1.82, 2.24) is 26.3 Å². The predicted octanol–water partition coefficient (Wildman–Crippen LogP) is 0.879. The van der Waals surface area contributed by atoms with Crippen molar-refractivity contribution in [2.75, 3.05) is 12.3 Å². The molecule has 1 fully saturated rings. The van der Waals surface area contributed by atoms with Gasteiger partial charge in [-0.25, -0.2) is 4.79 Å². The van der Waals surface area contributed by atoms with Crippen molar-refractivity contribution in [3.63, 3.8) is 0 Å². The Morgan fingerprint density at radius 3 is 2.30 bits per heavy atom. The molecule has 7 N–H and O–H groups in total. The van der Waals surface area contributed by atoms with Crippen LogP contribution in [0.2, 0.25) is 0 Å². The highest BCUT2D eigenvalue weighted by atomic mass is 32.1. The number of carboxylic acid groups (broad SMARTS) is 1. The monoisotopic (exact) mass is 567 g/mol. The predicted molar refractivity (Wildman–Crippen MR) is 152 cm³/mol. The fourth-order valence-corrected chi connectivity index (χ4v) is 4.97. The summed E-state index contributed by atoms with van der Waals surface area (Å²) in [6.07, 6.45) is 3.31. The Morgan fingerprint density at radius 1 is 0.925 bits per heavy atom. The number of phenolic OH excluding ortho intramolecular Hbond substituents is 1. The average Bonchev–Trinajstić information content (AvgIpc) is 3.63. The summed E-state index contributed by atoms with van der Waals surface area (Å²) in [6, 6.07) is 9.69. The van der Waals surface area contributed by atoms with E-state index in [0.29, 0.717) is 12.0 Å². The number of para-hydroxylation sites is 1. The van der Waals surface area contributed by atoms with Gasteiger partial charge in [0.25, 0.3) is 0 Å². The van der Waals surface area contributed by atoms with E-state index < -0.39 is 42.0 Å². The second-order valence-electron chi connectivity index (χ2n) is 9.79. The summed E-state index contributed by atoms with van der Waals surface area (Å²) in [7, 11) is 0. The molecule has 4 rings (SSSR count). The standard InChI is InChI=1S/C28H33N5O6S/c34-18-9-7-16(8-10-18)12-23(28(38)39)32-26(36)22(13-17-14-30-20-5-2-1-4-19(17)20)31-27(37)24(15-40)33-25(35)21-6-3-11-29-21/h1-2,4-5,7-10,14,21-24,29-30,34,40H,3,6,11-13,15H2,(H,31,37)(H,32,36)(H,33,35)(H,38,39). The summed E-state index contributed by atoms with van der Waals surface area (Å²) in [5.74, 6) is -2.81. The van der Waals surface area contributed by atoms with Crippen molar-refractivity contribution in [2.24, 2.45) is 0 Å². The van der Waals surface area contributed by atoms with Crippen molar-refractivity contribution in [2.45, 2.75) is 49.9 Å². The minimum absolute atomic E-state index is 0.00429. The minimum Gasteiger partial charge on any atom is -0.508 e. The average molecular weight is 568 g/mol. The maximum Gasteiger partial charge on any atom is 0.326 e. The zero-order chi connectivity index (χ0) is 28.6. The van der Waals surface area contributed by atoms with E-state index in [9.17, 15) is 29.4 Å². The smallest absolute Gasteiger partial charge is 0.326 e. The number of rotatable bonds is 12. The highest BCUT2D eigenvalue weighted by molar-refractivity contribution is 7.80. The van der Waals surface area contributed by atoms with Gasteiger partial charge in [-0.3, -0.25) is 14.4 Å². The van der Waals surface area contributed by atoms with Crippen LogP contribution in [-0.2, 0) is 32.0 Å². The van der Waals surface area contributed by atoms with E-state index in [-0.39, 0.29) is 30.3 Å². The van der Waals surface area contributed by atoms with Crippen LogP contribution in [0.15, 0.2) is 54.7 Å². The lowest BCUT2D eigenvalue weighted by molar-refractivity contribution is -0.142. The zero-order valence-electron chi connectivity index (χ0n) is 21.7. The van der Waals surface area contributed by atoms with E-state index in [1.165, 1.54) is 12.1 Å². The number of carbonyl (C=O) groups excluding carboxylic acids is 3. The van der Waals surface area contributed by atoms with Gasteiger partial charge in [0.1, 0.15) is 23.9 Å². The third-order valence-corrected chi connectivity index (χ3v) is 7.28. The van der Waals surface area contributed by atoms with Crippen LogP contribution in [0.4, 0.5) is 0 Å². The highest BCUT2D eigenvalue weighted by Gasteiger charge is 2.31. The van der Waals surface area contributed by atoms with E-state index in [1.54, 1.807) is 18.3 Å². The van der Waals surface area contributed by atoms with Crippen molar-refractivity contribution in [3.05, 3.63) is 65.9 Å². The van der Waals surface area contributed by atoms with Crippen molar-refractivity contribution >= 4 is 47.2 Å². The fraction of sp³-hybridized carbons (Fsp3) is 0.357. The summed E-state index contributed by atoms with van der Waals surface area (Å²) in [6.45, 7) is 0.720. The second-order valence-corrected chi connectivity index (χ2v) is 10.2. The molecular weight excluding hydrogens is 534 g/mol. The number of hydrogen-bond acceptors (Lipinski definition) is 7. The number of benzene rings is 2. The molecule has 40 heavy (non-hydrogen) atoms. The molecule has 11 nitrogen and oxygen atoms in total. The number of carbonyl (C=O) groups is 4. The van der Waals surface area contributed by atoms with E-state index in [2.05, 4.69) is 38.9 Å². The first-order valence-electron chi connectivity index (χ1n) is 13.1. The molecule has 1 aromatic heterocycles. The molecule has 3 aromatic rings. The van der Waals surface area contributed by atoms with Crippen molar-refractivity contribution < 1.29 is 29.4 Å². The maximum atomic E-state index is 13.5. The summed E-state index contributed by atoms with van der Waals surface area (Å²) < 4.78 is 0. The third kappa shape index (κ3) is 7.33. The quantitative estimate of drug-likeness (QED) is 0.150. The van der Waals surface area contributed by atoms with Crippen LogP contribution in [0.1, 0.15) is 24.0 Å². The van der Waals surface area contributed by atoms with Gasteiger partial charge in [-0.1, -0.05) is 30.3 Å². The Balaban J connectivity index is 1.52. The molecule has 0 radical (unpaired) electrons. The van der Waals surface area contributed by atoms with Gasteiger partial charge in [-0.2, -0.15) is 12.6 Å². The Labute approximate surface area is 236 Å². The van der Waals surface area contributed by atoms with E-state index in [1.807, 2.05) is 24.3 Å². The Hall–Kier alpha value is -4.03. The third-order valence-electron chi connectivity index (χ3n) is 6.92. The van der Waals surface area contributed by atoms with Crippen molar-refractivity contribution in [1.29, 1.82) is 0 Å². The topological polar surface area (TPSA) is 173 Å². The van der Waals surface area contributed by atoms with Crippen molar-refractivity contribution in [3.8, 4) is 5.75 Å². The normalized spacial score (nSPS) is 17.1. The molecule has 0 saturated carbocycles. The molecule has 212 valence electrons. The van der Waals surface area contributed by atoms with E-state index in [0.717, 1.165) is 29.4 Å². The van der Waals surface area contributed by atoms with Crippen LogP contribution in [0, 0.1) is 0 Å². The summed E-state index contributed by atoms with van der Waals surface area (Å²) in [5, 5.41) is 31.2. The summed E-state index contributed by atoms with van der Waals surface area (Å²) in [4.78, 5) is 54.5. The molecule has 2 heterocycles. The number of aliphatic carboxylic acids is 1. The number of hydrogen-bond donors (Lipinski definition) is 8. The van der Waals surface area contributed by atoms with Crippen LogP contribution >= 0.6 is 12.6 Å². The molecular formula is C28H33N5O6S. The lowest BCUT2D eigenvalue weighted by Gasteiger charge is -2.24. The maximum absolute atomic E-state index is 13.5. The number of aromatic hydroxyl groups is 1. The van der Waals surface area contributed by atoms with Gasteiger partial charge in [0, 0.05) is 35.7 Å². The number of nitrogens with one attached hydrogen (secondary N) is 5. The first-order valence-corrected chi connectivity index (χ1v) is 13.7. The van der Waals surface area contributed by atoms with Gasteiger partial charge >= 0.3 is 5.97 Å². The molecule has 4 unspecified atom stereocenters. The highest BCUT2D eigenvalue weighted by Crippen LogP contribution is 2.20. The number of aromatic nitrogens is 1. The fourth-order valence-electron chi connectivity index (χ4n) is 4.72. The van der Waals surface area contributed by atoms with Gasteiger partial charge < -0.3 is 36.5 Å². The molecule has 0 spiro atoms. The second kappa shape index (κ2) is 13.4. The first kappa shape index (κ1) is 29.0. The SMILES string of the molecule is O=C(O)C(Cc1ccc(O)cc1)NC(=O)C(Cc1c[nH]c2ccccc12)NC(=O)C(CS)NC(=O)C1CCCN1. The largest absolute Gasteiger partial charge is 0.508 e. The molecule has 1 saturated heterocycles. The Morgan fingerprint density at radius 2 is 1.62 bits per heavy atom. The van der Waals surface area contributed by atoms with Crippen LogP contribution in [0.5, 0.6) is 5.75 Å². The molecule has 12 heteroatoms. The summed E-state index contributed by atoms with van der Waals surface area (Å²) >= 11 is 4.23. The summed E-state index contributed by atoms with van der Waals surface area (Å²) in [5.41, 5.74) is 2.20. The number of phenols is 1. The van der Waals surface area contributed by atoms with Crippen LogP contribution in [-0.4, -0.2) is 75.4 Å². The van der Waals surface area contributed by atoms with Gasteiger partial charge in [0.2, 0.25) is 17.7 Å². The lowest BCUT2D eigenvalue weighted by Crippen LogP contribution is -2.58. The molecule has 3 amide bonds. The molecule has 0 aliphatic carbocycles. The Kier molecular flexibility index (Phi) is 9.67. The van der Waals surface area contributed by atoms with Gasteiger partial charge in [0.15, 0.2) is 0 Å². The molecule has 1 aliphatic heterocycles. The molecule has 4 atom stereocenters. The molecule has 2 aromatic carbocycles. The van der Waals surface area contributed by atoms with Gasteiger partial charge in [-0.05, 0) is 48.7 Å². The van der Waals surface area contributed by atoms with Gasteiger partial charge in [-0.15, -0.1) is 0 Å². The molecule has 1 aliphatic rings. The van der Waals surface area contributed by atoms with Gasteiger partial charge in [0.05, 0.1) is 6.04 Å². The lowest BCUT2D eigenvalue weighted by atomic mass is 10.0. The number of amides is 3. The molecule has 0 bridgehead atoms. The zero-order valence-corrected chi connectivity index (χ0v) is 22.6. The number of thiol groups is 1. The number of carboxylic acids is 1. The first-order chi connectivity index (χ1) is 19.2.